The molecule has 7 nitrogen and oxygen atoms in total. The number of benzene rings is 1. The van der Waals surface area contributed by atoms with Crippen molar-refractivity contribution in [2.24, 2.45) is 5.73 Å². The van der Waals surface area contributed by atoms with E-state index in [9.17, 15) is 4.79 Å². The Balaban J connectivity index is 0.00000180. The Morgan fingerprint density at radius 1 is 1.20 bits per heavy atom. The van der Waals surface area contributed by atoms with Gasteiger partial charge in [-0.2, -0.15) is 5.10 Å². The van der Waals surface area contributed by atoms with Crippen molar-refractivity contribution in [1.29, 1.82) is 0 Å². The first kappa shape index (κ1) is 18.4. The van der Waals surface area contributed by atoms with Crippen molar-refractivity contribution in [2.75, 3.05) is 12.0 Å². The molecule has 0 saturated carbocycles. The molecule has 0 bridgehead atoms. The van der Waals surface area contributed by atoms with Gasteiger partial charge in [0.25, 0.3) is 11.9 Å². The fourth-order valence-corrected chi connectivity index (χ4v) is 1.28. The third-order valence-electron chi connectivity index (χ3n) is 2.13. The second-order valence-electron chi connectivity index (χ2n) is 3.41. The zero-order valence-corrected chi connectivity index (χ0v) is 13.7. The number of nitrogens with one attached hydrogen (secondary N) is 2. The normalized spacial score (nSPS) is 8.85. The minimum absolute atomic E-state index is 0. The molecule has 0 atom stereocenters. The van der Waals surface area contributed by atoms with E-state index in [0.29, 0.717) is 5.69 Å². The van der Waals surface area contributed by atoms with Crippen molar-refractivity contribution in [2.45, 2.75) is 0 Å². The third kappa shape index (κ3) is 5.19. The van der Waals surface area contributed by atoms with Gasteiger partial charge in [-0.1, -0.05) is 30.3 Å². The number of nitrogens with zero attached hydrogens (tertiary/aromatic N) is 3. The van der Waals surface area contributed by atoms with E-state index in [1.54, 1.807) is 6.20 Å². The van der Waals surface area contributed by atoms with Gasteiger partial charge >= 0.3 is 0 Å². The van der Waals surface area contributed by atoms with Gasteiger partial charge in [-0.25, -0.2) is 4.98 Å². The van der Waals surface area contributed by atoms with Crippen molar-refractivity contribution >= 4 is 45.8 Å². The fourth-order valence-electron chi connectivity index (χ4n) is 1.28. The van der Waals surface area contributed by atoms with Crippen LogP contribution in [0.2, 0.25) is 0 Å². The van der Waals surface area contributed by atoms with Gasteiger partial charge in [-0.05, 0) is 0 Å². The Hall–Kier alpha value is -1.58. The van der Waals surface area contributed by atoms with Crippen LogP contribution in [0.1, 0.15) is 0 Å². The van der Waals surface area contributed by atoms with Crippen molar-refractivity contribution in [3.05, 3.63) is 36.5 Å². The summed E-state index contributed by atoms with van der Waals surface area (Å²) >= 11 is 0. The van der Waals surface area contributed by atoms with E-state index in [1.165, 1.54) is 0 Å². The van der Waals surface area contributed by atoms with Crippen molar-refractivity contribution < 1.29 is 4.79 Å². The van der Waals surface area contributed by atoms with E-state index < -0.39 is 0 Å². The van der Waals surface area contributed by atoms with Crippen LogP contribution in [-0.4, -0.2) is 27.6 Å². The van der Waals surface area contributed by atoms with Gasteiger partial charge in [0.2, 0.25) is 0 Å². The van der Waals surface area contributed by atoms with Crippen LogP contribution in [0, 0.1) is 0 Å². The van der Waals surface area contributed by atoms with Gasteiger partial charge in [0.1, 0.15) is 0 Å². The topological polar surface area (TPSA) is 106 Å². The molecule has 20 heavy (non-hydrogen) atoms. The lowest BCUT2D eigenvalue weighted by Gasteiger charge is -2.06. The number of rotatable bonds is 4. The first-order valence-corrected chi connectivity index (χ1v) is 5.29. The molecule has 4 N–H and O–H groups in total. The molecule has 0 saturated heterocycles. The number of carbonyl (C=O) groups is 1. The SMILES string of the molecule is Br.Br.NCC(=O)NNc1nncc(-c2ccccc2)n1. The van der Waals surface area contributed by atoms with Gasteiger partial charge in [-0.3, -0.25) is 15.6 Å². The van der Waals surface area contributed by atoms with Gasteiger partial charge in [0, 0.05) is 5.56 Å². The van der Waals surface area contributed by atoms with Crippen molar-refractivity contribution in [1.82, 2.24) is 20.6 Å². The number of aromatic nitrogens is 3. The number of hydrogen-bond acceptors (Lipinski definition) is 6. The van der Waals surface area contributed by atoms with Gasteiger partial charge in [-0.15, -0.1) is 39.1 Å². The smallest absolute Gasteiger partial charge is 0.262 e. The van der Waals surface area contributed by atoms with Crippen LogP contribution in [0.4, 0.5) is 5.95 Å². The Morgan fingerprint density at radius 3 is 2.55 bits per heavy atom. The van der Waals surface area contributed by atoms with Crippen molar-refractivity contribution in [3.8, 4) is 11.3 Å². The monoisotopic (exact) mass is 404 g/mol. The lowest BCUT2D eigenvalue weighted by atomic mass is 10.2. The van der Waals surface area contributed by atoms with Crippen LogP contribution in [-0.2, 0) is 4.79 Å². The van der Waals surface area contributed by atoms with Crippen LogP contribution in [0.3, 0.4) is 0 Å². The number of carbonyl (C=O) groups excluding carboxylic acids is 1. The van der Waals surface area contributed by atoms with Gasteiger partial charge in [0.05, 0.1) is 18.4 Å². The molecular weight excluding hydrogens is 392 g/mol. The number of halogens is 2. The summed E-state index contributed by atoms with van der Waals surface area (Å²) in [4.78, 5) is 15.2. The Bertz CT molecular complexity index is 539. The second-order valence-corrected chi connectivity index (χ2v) is 3.41. The molecule has 0 fully saturated rings. The summed E-state index contributed by atoms with van der Waals surface area (Å²) in [5.74, 6) is -0.151. The average Bonchev–Trinajstić information content (AvgIpc) is 2.46. The summed E-state index contributed by atoms with van der Waals surface area (Å²) in [6, 6.07) is 9.54. The number of nitrogens with two attached hydrogens (primary N) is 1. The second kappa shape index (κ2) is 9.34. The molecule has 1 aromatic carbocycles. The molecule has 2 rings (SSSR count). The first-order chi connectivity index (χ1) is 8.79. The number of hydrazine groups is 1. The summed E-state index contributed by atoms with van der Waals surface area (Å²) in [6.45, 7) is -0.112. The Labute approximate surface area is 136 Å². The van der Waals surface area contributed by atoms with Crippen LogP contribution >= 0.6 is 34.0 Å². The highest BCUT2D eigenvalue weighted by molar-refractivity contribution is 8.93. The standard InChI is InChI=1S/C11H12N6O.2BrH/c12-6-10(18)15-17-11-14-9(7-13-16-11)8-4-2-1-3-5-8;;/h1-5,7H,6,12H2,(H,15,18)(H,14,16,17);2*1H. The predicted octanol–water partition coefficient (Wildman–Crippen LogP) is 1.10. The molecule has 2 aromatic rings. The largest absolute Gasteiger partial charge is 0.322 e. The molecule has 0 radical (unpaired) electrons. The van der Waals surface area contributed by atoms with Crippen LogP contribution in [0.25, 0.3) is 11.3 Å². The summed E-state index contributed by atoms with van der Waals surface area (Å²) in [5, 5.41) is 7.55. The molecule has 0 aliphatic rings. The Morgan fingerprint density at radius 2 is 1.90 bits per heavy atom. The summed E-state index contributed by atoms with van der Waals surface area (Å²) in [5.41, 5.74) is 11.6. The molecule has 0 aliphatic carbocycles. The van der Waals surface area contributed by atoms with E-state index in [4.69, 9.17) is 5.73 Å². The lowest BCUT2D eigenvalue weighted by Crippen LogP contribution is -2.35. The maximum Gasteiger partial charge on any atom is 0.262 e. The maximum absolute atomic E-state index is 11.0. The van der Waals surface area contributed by atoms with Gasteiger partial charge in [0.15, 0.2) is 0 Å². The zero-order valence-electron chi connectivity index (χ0n) is 10.3. The number of anilines is 1. The number of amides is 1. The summed E-state index contributed by atoms with van der Waals surface area (Å²) in [6.07, 6.45) is 1.55. The van der Waals surface area contributed by atoms with E-state index in [1.807, 2.05) is 30.3 Å². The molecule has 1 aromatic heterocycles. The van der Waals surface area contributed by atoms with E-state index >= 15 is 0 Å². The average molecular weight is 406 g/mol. The quantitative estimate of drug-likeness (QED) is 0.657. The Kier molecular flexibility index (Phi) is 8.61. The molecule has 108 valence electrons. The van der Waals surface area contributed by atoms with Crippen LogP contribution < -0.4 is 16.6 Å². The molecule has 0 aliphatic heterocycles. The van der Waals surface area contributed by atoms with E-state index in [0.717, 1.165) is 5.56 Å². The zero-order chi connectivity index (χ0) is 12.8. The molecule has 1 amide bonds. The first-order valence-electron chi connectivity index (χ1n) is 5.29. The molecule has 0 unspecified atom stereocenters. The minimum atomic E-state index is -0.358. The molecular formula is C11H14Br2N6O. The number of hydrogen-bond donors (Lipinski definition) is 3. The predicted molar refractivity (Wildman–Crippen MR) is 86.7 cm³/mol. The highest BCUT2D eigenvalue weighted by Gasteiger charge is 2.03. The highest BCUT2D eigenvalue weighted by Crippen LogP contribution is 2.15. The molecule has 1 heterocycles. The summed E-state index contributed by atoms with van der Waals surface area (Å²) < 4.78 is 0. The van der Waals surface area contributed by atoms with Gasteiger partial charge < -0.3 is 5.73 Å². The minimum Gasteiger partial charge on any atom is -0.322 e. The molecule has 9 heteroatoms. The van der Waals surface area contributed by atoms with Crippen molar-refractivity contribution in [3.63, 3.8) is 0 Å². The molecule has 0 spiro atoms. The van der Waals surface area contributed by atoms with E-state index in [2.05, 4.69) is 26.0 Å². The maximum atomic E-state index is 11.0. The van der Waals surface area contributed by atoms with Crippen LogP contribution in [0.15, 0.2) is 36.5 Å². The summed E-state index contributed by atoms with van der Waals surface area (Å²) in [7, 11) is 0. The van der Waals surface area contributed by atoms with E-state index in [-0.39, 0.29) is 52.4 Å². The third-order valence-corrected chi connectivity index (χ3v) is 2.13. The highest BCUT2D eigenvalue weighted by atomic mass is 79.9. The lowest BCUT2D eigenvalue weighted by molar-refractivity contribution is -0.119. The van der Waals surface area contributed by atoms with Crippen LogP contribution in [0.5, 0.6) is 0 Å². The fraction of sp³-hybridized carbons (Fsp3) is 0.0909.